The topological polar surface area (TPSA) is 136 Å². The maximum atomic E-state index is 14.2. The minimum atomic E-state index is -1.12. The fraction of sp³-hybridized carbons (Fsp3) is 0.400. The van der Waals surface area contributed by atoms with Crippen LogP contribution in [0.4, 0.5) is 0 Å². The Labute approximate surface area is 269 Å². The number of rotatable bonds is 8. The fourth-order valence-electron chi connectivity index (χ4n) is 5.59. The molecule has 0 fully saturated rings. The third-order valence-corrected chi connectivity index (χ3v) is 7.91. The predicted molar refractivity (Wildman–Crippen MR) is 172 cm³/mol. The van der Waals surface area contributed by atoms with E-state index in [9.17, 15) is 19.2 Å². The summed E-state index contributed by atoms with van der Waals surface area (Å²) >= 11 is 0. The molecule has 11 heteroatoms. The molecule has 1 unspecified atom stereocenters. The minimum absolute atomic E-state index is 0.0145. The van der Waals surface area contributed by atoms with Crippen LogP contribution in [0.5, 0.6) is 5.75 Å². The highest BCUT2D eigenvalue weighted by Gasteiger charge is 2.40. The molecule has 3 amide bonds. The van der Waals surface area contributed by atoms with Crippen LogP contribution >= 0.6 is 0 Å². The van der Waals surface area contributed by atoms with Crippen LogP contribution in [0.1, 0.15) is 41.4 Å². The molecule has 1 aromatic heterocycles. The van der Waals surface area contributed by atoms with Crippen molar-refractivity contribution in [2.75, 3.05) is 53.1 Å². The molecule has 2 N–H and O–H groups in total. The standard InChI is InChI=1S/C35H42N4O7/c1-4-45-34(43)35(15-9-19-44-3)21-26-10-8-13-28(20-26)46-23-31(41)37-17-18-39(22-30(40)38-24-35)33(42)32-25(2)36-16-14-29(32)27-11-6-5-7-12-27/h5-8,10-14,16,20H,4,9,15,17-19,21-24H2,1-3H3,(H,37,41)(H,38,40). The Bertz CT molecular complexity index is 1510. The summed E-state index contributed by atoms with van der Waals surface area (Å²) in [6.07, 6.45) is 2.82. The van der Waals surface area contributed by atoms with E-state index in [0.29, 0.717) is 42.0 Å². The van der Waals surface area contributed by atoms with Crippen molar-refractivity contribution >= 4 is 23.7 Å². The van der Waals surface area contributed by atoms with Gasteiger partial charge in [0, 0.05) is 39.5 Å². The van der Waals surface area contributed by atoms with Crippen LogP contribution in [0.3, 0.4) is 0 Å². The number of benzene rings is 2. The van der Waals surface area contributed by atoms with E-state index in [1.807, 2.05) is 36.4 Å². The first-order valence-corrected chi connectivity index (χ1v) is 15.5. The summed E-state index contributed by atoms with van der Waals surface area (Å²) in [6.45, 7) is 3.66. The van der Waals surface area contributed by atoms with E-state index in [1.54, 1.807) is 51.4 Å². The normalized spacial score (nSPS) is 17.8. The number of aromatic nitrogens is 1. The van der Waals surface area contributed by atoms with Crippen molar-refractivity contribution in [2.24, 2.45) is 5.41 Å². The average Bonchev–Trinajstić information content (AvgIpc) is 3.05. The van der Waals surface area contributed by atoms with Crippen LogP contribution in [-0.4, -0.2) is 86.7 Å². The molecule has 244 valence electrons. The zero-order valence-corrected chi connectivity index (χ0v) is 26.7. The van der Waals surface area contributed by atoms with E-state index in [0.717, 1.165) is 11.1 Å². The highest BCUT2D eigenvalue weighted by molar-refractivity contribution is 6.03. The summed E-state index contributed by atoms with van der Waals surface area (Å²) < 4.78 is 16.6. The lowest BCUT2D eigenvalue weighted by Crippen LogP contribution is -2.49. The van der Waals surface area contributed by atoms with E-state index in [1.165, 1.54) is 4.90 Å². The molecule has 4 rings (SSSR count). The lowest BCUT2D eigenvalue weighted by Gasteiger charge is -2.33. The van der Waals surface area contributed by atoms with Crippen molar-refractivity contribution in [2.45, 2.75) is 33.1 Å². The number of carbonyl (C=O) groups is 4. The molecule has 0 spiro atoms. The van der Waals surface area contributed by atoms with Gasteiger partial charge in [0.25, 0.3) is 11.8 Å². The smallest absolute Gasteiger partial charge is 0.314 e. The third kappa shape index (κ3) is 8.91. The molecular formula is C35H42N4O7. The van der Waals surface area contributed by atoms with Gasteiger partial charge in [0.05, 0.1) is 29.8 Å². The van der Waals surface area contributed by atoms with Gasteiger partial charge in [-0.05, 0) is 68.0 Å². The number of aryl methyl sites for hydroxylation is 1. The number of pyridine rings is 1. The van der Waals surface area contributed by atoms with Gasteiger partial charge in [-0.1, -0.05) is 42.5 Å². The van der Waals surface area contributed by atoms with Crippen molar-refractivity contribution in [1.29, 1.82) is 0 Å². The molecule has 1 aliphatic heterocycles. The Morgan fingerprint density at radius 1 is 1.04 bits per heavy atom. The predicted octanol–water partition coefficient (Wildman–Crippen LogP) is 3.34. The molecule has 11 nitrogen and oxygen atoms in total. The fourth-order valence-corrected chi connectivity index (χ4v) is 5.59. The van der Waals surface area contributed by atoms with Crippen molar-refractivity contribution < 1.29 is 33.4 Å². The second-order valence-electron chi connectivity index (χ2n) is 11.2. The van der Waals surface area contributed by atoms with Crippen molar-refractivity contribution in [3.05, 3.63) is 83.7 Å². The Morgan fingerprint density at radius 2 is 1.85 bits per heavy atom. The summed E-state index contributed by atoms with van der Waals surface area (Å²) in [7, 11) is 1.59. The first kappa shape index (κ1) is 34.1. The quantitative estimate of drug-likeness (QED) is 0.286. The van der Waals surface area contributed by atoms with Crippen LogP contribution in [0.15, 0.2) is 66.9 Å². The third-order valence-electron chi connectivity index (χ3n) is 7.91. The van der Waals surface area contributed by atoms with Crippen molar-refractivity contribution in [3.63, 3.8) is 0 Å². The summed E-state index contributed by atoms with van der Waals surface area (Å²) in [5.74, 6) is -1.21. The van der Waals surface area contributed by atoms with Crippen LogP contribution in [-0.2, 0) is 30.3 Å². The zero-order chi connectivity index (χ0) is 32.9. The molecule has 0 radical (unpaired) electrons. The van der Waals surface area contributed by atoms with Gasteiger partial charge in [-0.15, -0.1) is 0 Å². The van der Waals surface area contributed by atoms with Gasteiger partial charge < -0.3 is 29.7 Å². The van der Waals surface area contributed by atoms with Gasteiger partial charge in [-0.25, -0.2) is 0 Å². The number of methoxy groups -OCH3 is 1. The molecule has 0 saturated heterocycles. The summed E-state index contributed by atoms with van der Waals surface area (Å²) in [6, 6.07) is 18.4. The minimum Gasteiger partial charge on any atom is -0.484 e. The van der Waals surface area contributed by atoms with Crippen LogP contribution in [0.2, 0.25) is 0 Å². The molecule has 3 aromatic rings. The molecule has 2 heterocycles. The first-order valence-electron chi connectivity index (χ1n) is 15.5. The highest BCUT2D eigenvalue weighted by Crippen LogP contribution is 2.32. The number of carbonyl (C=O) groups excluding carboxylic acids is 4. The number of esters is 1. The Morgan fingerprint density at radius 3 is 2.61 bits per heavy atom. The molecule has 1 aliphatic rings. The molecule has 2 bridgehead atoms. The zero-order valence-electron chi connectivity index (χ0n) is 26.7. The first-order chi connectivity index (χ1) is 22.3. The van der Waals surface area contributed by atoms with E-state index in [-0.39, 0.29) is 51.7 Å². The maximum absolute atomic E-state index is 14.2. The van der Waals surface area contributed by atoms with E-state index in [2.05, 4.69) is 15.6 Å². The van der Waals surface area contributed by atoms with Gasteiger partial charge >= 0.3 is 5.97 Å². The molecule has 0 saturated carbocycles. The lowest BCUT2D eigenvalue weighted by atomic mass is 9.77. The largest absolute Gasteiger partial charge is 0.484 e. The van der Waals surface area contributed by atoms with Crippen molar-refractivity contribution in [3.8, 4) is 16.9 Å². The number of amides is 3. The average molecular weight is 631 g/mol. The SMILES string of the molecule is CCOC(=O)C1(CCCOC)CNC(=O)CN(C(=O)c2c(-c3ccccc3)ccnc2C)CCNC(=O)COc2cccc(c2)C1. The Balaban J connectivity index is 1.69. The van der Waals surface area contributed by atoms with Gasteiger partial charge in [-0.2, -0.15) is 0 Å². The van der Waals surface area contributed by atoms with E-state index in [4.69, 9.17) is 14.2 Å². The molecule has 1 atom stereocenters. The van der Waals surface area contributed by atoms with E-state index < -0.39 is 23.2 Å². The number of hydrogen-bond acceptors (Lipinski definition) is 8. The van der Waals surface area contributed by atoms with Gasteiger partial charge in [0.15, 0.2) is 6.61 Å². The highest BCUT2D eigenvalue weighted by atomic mass is 16.5. The molecule has 2 aromatic carbocycles. The van der Waals surface area contributed by atoms with Crippen LogP contribution in [0.25, 0.3) is 11.1 Å². The summed E-state index contributed by atoms with van der Waals surface area (Å²) in [4.78, 5) is 59.8. The Kier molecular flexibility index (Phi) is 12.2. The van der Waals surface area contributed by atoms with Crippen LogP contribution in [0, 0.1) is 12.3 Å². The lowest BCUT2D eigenvalue weighted by molar-refractivity contribution is -0.156. The second-order valence-corrected chi connectivity index (χ2v) is 11.2. The number of ether oxygens (including phenoxy) is 3. The number of nitrogens with zero attached hydrogens (tertiary/aromatic N) is 2. The number of hydrogen-bond donors (Lipinski definition) is 2. The van der Waals surface area contributed by atoms with Crippen LogP contribution < -0.4 is 15.4 Å². The number of fused-ring (bicyclic) bond motifs is 2. The second kappa shape index (κ2) is 16.5. The summed E-state index contributed by atoms with van der Waals surface area (Å²) in [5.41, 5.74) is 2.05. The Hall–Kier alpha value is -4.77. The molecule has 0 aliphatic carbocycles. The monoisotopic (exact) mass is 630 g/mol. The number of nitrogens with one attached hydrogen (secondary N) is 2. The maximum Gasteiger partial charge on any atom is 0.314 e. The molecule has 46 heavy (non-hydrogen) atoms. The van der Waals surface area contributed by atoms with E-state index >= 15 is 0 Å². The van der Waals surface area contributed by atoms with Crippen molar-refractivity contribution in [1.82, 2.24) is 20.5 Å². The summed E-state index contributed by atoms with van der Waals surface area (Å²) in [5, 5.41) is 5.70. The molecular weight excluding hydrogens is 588 g/mol. The van der Waals surface area contributed by atoms with Gasteiger partial charge in [-0.3, -0.25) is 24.2 Å². The van der Waals surface area contributed by atoms with Gasteiger partial charge in [0.1, 0.15) is 5.75 Å². The van der Waals surface area contributed by atoms with Gasteiger partial charge in [0.2, 0.25) is 5.91 Å².